The summed E-state index contributed by atoms with van der Waals surface area (Å²) in [7, 11) is 0. The highest BCUT2D eigenvalue weighted by Gasteiger charge is 2.15. The predicted octanol–water partition coefficient (Wildman–Crippen LogP) is 5.44. The molecular weight excluding hydrogens is 334 g/mol. The summed E-state index contributed by atoms with van der Waals surface area (Å²) in [5.74, 6) is 0.328. The van der Waals surface area contributed by atoms with Crippen molar-refractivity contribution in [3.63, 3.8) is 0 Å². The molecule has 2 N–H and O–H groups in total. The van der Waals surface area contributed by atoms with E-state index < -0.39 is 0 Å². The van der Waals surface area contributed by atoms with Gasteiger partial charge < -0.3 is 10.4 Å². The first-order valence-electron chi connectivity index (χ1n) is 6.53. The molecular formula is C16H18BrNOS. The van der Waals surface area contributed by atoms with Gasteiger partial charge in [-0.3, -0.25) is 0 Å². The minimum atomic E-state index is 0.0841. The fraction of sp³-hybridized carbons (Fsp3) is 0.250. The van der Waals surface area contributed by atoms with Crippen LogP contribution in [0.2, 0.25) is 0 Å². The fourth-order valence-corrected chi connectivity index (χ4v) is 3.10. The lowest BCUT2D eigenvalue weighted by Gasteiger charge is -2.21. The van der Waals surface area contributed by atoms with E-state index >= 15 is 0 Å². The van der Waals surface area contributed by atoms with Gasteiger partial charge in [0.1, 0.15) is 5.75 Å². The summed E-state index contributed by atoms with van der Waals surface area (Å²) in [6.45, 7) is 2.11. The van der Waals surface area contributed by atoms with Crippen molar-refractivity contribution < 1.29 is 5.11 Å². The first-order chi connectivity index (χ1) is 9.65. The number of anilines is 1. The number of aromatic hydroxyl groups is 1. The molecule has 0 fully saturated rings. The molecule has 20 heavy (non-hydrogen) atoms. The van der Waals surface area contributed by atoms with Crippen LogP contribution in [0.15, 0.2) is 51.8 Å². The lowest BCUT2D eigenvalue weighted by atomic mass is 10.0. The van der Waals surface area contributed by atoms with Crippen molar-refractivity contribution >= 4 is 33.4 Å². The van der Waals surface area contributed by atoms with Gasteiger partial charge in [0.05, 0.1) is 6.04 Å². The maximum absolute atomic E-state index is 10.1. The quantitative estimate of drug-likeness (QED) is 0.703. The van der Waals surface area contributed by atoms with E-state index in [4.69, 9.17) is 0 Å². The summed E-state index contributed by atoms with van der Waals surface area (Å²) in [4.78, 5) is 1.21. The van der Waals surface area contributed by atoms with Crippen LogP contribution in [0.4, 0.5) is 5.69 Å². The molecule has 106 valence electrons. The number of nitrogens with one attached hydrogen (secondary N) is 1. The largest absolute Gasteiger partial charge is 0.508 e. The van der Waals surface area contributed by atoms with E-state index in [2.05, 4.69) is 46.6 Å². The molecule has 2 aromatic rings. The van der Waals surface area contributed by atoms with Gasteiger partial charge in [-0.25, -0.2) is 0 Å². The van der Waals surface area contributed by atoms with Gasteiger partial charge in [0.2, 0.25) is 0 Å². The Hall–Kier alpha value is -1.13. The van der Waals surface area contributed by atoms with Gasteiger partial charge in [-0.05, 0) is 43.0 Å². The van der Waals surface area contributed by atoms with Gasteiger partial charge in [-0.15, -0.1) is 11.8 Å². The number of hydrogen-bond donors (Lipinski definition) is 2. The summed E-state index contributed by atoms with van der Waals surface area (Å²) >= 11 is 5.18. The zero-order chi connectivity index (χ0) is 14.5. The third-order valence-corrected chi connectivity index (χ3v) is 4.50. The van der Waals surface area contributed by atoms with E-state index in [-0.39, 0.29) is 6.04 Å². The van der Waals surface area contributed by atoms with Gasteiger partial charge in [0.15, 0.2) is 0 Å². The lowest BCUT2D eigenvalue weighted by Crippen LogP contribution is -2.10. The molecule has 0 radical (unpaired) electrons. The van der Waals surface area contributed by atoms with Crippen LogP contribution in [0.25, 0.3) is 0 Å². The summed E-state index contributed by atoms with van der Waals surface area (Å²) < 4.78 is 0.976. The Morgan fingerprint density at radius 1 is 1.25 bits per heavy atom. The normalized spacial score (nSPS) is 12.2. The van der Waals surface area contributed by atoms with E-state index in [1.165, 1.54) is 4.90 Å². The summed E-state index contributed by atoms with van der Waals surface area (Å²) in [6, 6.07) is 13.9. The van der Waals surface area contributed by atoms with Crippen LogP contribution in [-0.2, 0) is 0 Å². The molecule has 0 saturated heterocycles. The third-order valence-electron chi connectivity index (χ3n) is 3.21. The monoisotopic (exact) mass is 351 g/mol. The summed E-state index contributed by atoms with van der Waals surface area (Å²) in [6.07, 6.45) is 2.96. The van der Waals surface area contributed by atoms with Crippen molar-refractivity contribution in [3.05, 3.63) is 52.5 Å². The van der Waals surface area contributed by atoms with Crippen LogP contribution in [-0.4, -0.2) is 11.4 Å². The smallest absolute Gasteiger partial charge is 0.120 e. The Bertz CT molecular complexity index is 588. The topological polar surface area (TPSA) is 32.3 Å². The van der Waals surface area contributed by atoms with Crippen LogP contribution in [0, 0.1) is 0 Å². The Labute approximate surface area is 132 Å². The fourth-order valence-electron chi connectivity index (χ4n) is 2.16. The summed E-state index contributed by atoms with van der Waals surface area (Å²) in [5, 5.41) is 13.6. The number of thioether (sulfide) groups is 1. The number of para-hydroxylation sites is 1. The second-order valence-electron chi connectivity index (χ2n) is 4.51. The van der Waals surface area contributed by atoms with Crippen molar-refractivity contribution in [2.75, 3.05) is 11.6 Å². The molecule has 0 aliphatic heterocycles. The second kappa shape index (κ2) is 7.04. The van der Waals surface area contributed by atoms with Crippen molar-refractivity contribution in [2.24, 2.45) is 0 Å². The molecule has 2 rings (SSSR count). The van der Waals surface area contributed by atoms with E-state index in [9.17, 15) is 5.11 Å². The Balaban J connectivity index is 2.31. The zero-order valence-electron chi connectivity index (χ0n) is 11.6. The van der Waals surface area contributed by atoms with Gasteiger partial charge in [0.25, 0.3) is 0 Å². The standard InChI is InChI=1S/C16H18BrNOS/c1-3-13(12-10-11(17)8-9-15(12)19)18-14-6-4-5-7-16(14)20-2/h4-10,13,18-19H,3H2,1-2H3. The van der Waals surface area contributed by atoms with Crippen molar-refractivity contribution in [1.82, 2.24) is 0 Å². The van der Waals surface area contributed by atoms with E-state index in [1.807, 2.05) is 24.3 Å². The number of hydrogen-bond acceptors (Lipinski definition) is 3. The van der Waals surface area contributed by atoms with Gasteiger partial charge in [-0.2, -0.15) is 0 Å². The van der Waals surface area contributed by atoms with E-state index in [0.29, 0.717) is 5.75 Å². The van der Waals surface area contributed by atoms with Crippen LogP contribution in [0.3, 0.4) is 0 Å². The van der Waals surface area contributed by atoms with Gasteiger partial charge >= 0.3 is 0 Å². The van der Waals surface area contributed by atoms with Crippen LogP contribution in [0.5, 0.6) is 5.75 Å². The average molecular weight is 352 g/mol. The molecule has 0 aliphatic rings. The molecule has 4 heteroatoms. The van der Waals surface area contributed by atoms with Crippen LogP contribution < -0.4 is 5.32 Å². The minimum absolute atomic E-state index is 0.0841. The molecule has 1 atom stereocenters. The zero-order valence-corrected chi connectivity index (χ0v) is 14.0. The maximum Gasteiger partial charge on any atom is 0.120 e. The summed E-state index contributed by atoms with van der Waals surface area (Å²) in [5.41, 5.74) is 2.02. The molecule has 0 amide bonds. The lowest BCUT2D eigenvalue weighted by molar-refractivity contribution is 0.462. The second-order valence-corrected chi connectivity index (χ2v) is 6.27. The molecule has 0 heterocycles. The first-order valence-corrected chi connectivity index (χ1v) is 8.55. The Kier molecular flexibility index (Phi) is 5.38. The van der Waals surface area contributed by atoms with E-state index in [0.717, 1.165) is 22.1 Å². The highest BCUT2D eigenvalue weighted by molar-refractivity contribution is 9.10. The highest BCUT2D eigenvalue weighted by Crippen LogP contribution is 2.34. The minimum Gasteiger partial charge on any atom is -0.508 e. The molecule has 0 saturated carbocycles. The Morgan fingerprint density at radius 3 is 2.70 bits per heavy atom. The number of halogens is 1. The van der Waals surface area contributed by atoms with Crippen molar-refractivity contribution in [1.29, 1.82) is 0 Å². The predicted molar refractivity (Wildman–Crippen MR) is 90.7 cm³/mol. The molecule has 2 aromatic carbocycles. The molecule has 0 aromatic heterocycles. The molecule has 1 unspecified atom stereocenters. The van der Waals surface area contributed by atoms with E-state index in [1.54, 1.807) is 17.8 Å². The first kappa shape index (κ1) is 15.3. The maximum atomic E-state index is 10.1. The van der Waals surface area contributed by atoms with Crippen molar-refractivity contribution in [3.8, 4) is 5.75 Å². The van der Waals surface area contributed by atoms with Gasteiger partial charge in [-0.1, -0.05) is 35.0 Å². The molecule has 2 nitrogen and oxygen atoms in total. The molecule has 0 bridgehead atoms. The molecule has 0 aliphatic carbocycles. The third kappa shape index (κ3) is 3.49. The van der Waals surface area contributed by atoms with Gasteiger partial charge in [0, 0.05) is 20.6 Å². The number of rotatable bonds is 5. The average Bonchev–Trinajstić information content (AvgIpc) is 2.48. The number of phenols is 1. The van der Waals surface area contributed by atoms with Crippen molar-refractivity contribution in [2.45, 2.75) is 24.3 Å². The number of benzene rings is 2. The number of phenolic OH excluding ortho intramolecular Hbond substituents is 1. The Morgan fingerprint density at radius 2 is 2.00 bits per heavy atom. The molecule has 0 spiro atoms. The van der Waals surface area contributed by atoms with Crippen LogP contribution in [0.1, 0.15) is 24.9 Å². The SMILES string of the molecule is CCC(Nc1ccccc1SC)c1cc(Br)ccc1O. The van der Waals surface area contributed by atoms with Crippen LogP contribution >= 0.6 is 27.7 Å². The highest BCUT2D eigenvalue weighted by atomic mass is 79.9.